The minimum absolute atomic E-state index is 0.0662. The van der Waals surface area contributed by atoms with Gasteiger partial charge in [0, 0.05) is 11.1 Å². The van der Waals surface area contributed by atoms with Crippen LogP contribution in [0.15, 0.2) is 6.20 Å². The summed E-state index contributed by atoms with van der Waals surface area (Å²) in [5.41, 5.74) is 0. The molecule has 0 bridgehead atoms. The molecule has 9 nitrogen and oxygen atoms in total. The summed E-state index contributed by atoms with van der Waals surface area (Å²) in [5, 5.41) is 35.2. The number of carboxylic acids is 4. The summed E-state index contributed by atoms with van der Waals surface area (Å²) in [6, 6.07) is 0. The molecule has 0 aliphatic rings. The lowest BCUT2D eigenvalue weighted by Crippen LogP contribution is -2.15. The standard InChI is InChI=1S/C11H11NO8S/c13-7(14)1-4(10(17)18)6-3-12-9(21-6)5(11(19)20)2-8(15)16/h3-5H,1-2H2,(H,13,14)(H,15,16)(H,17,18)(H,19,20). The molecule has 0 aromatic carbocycles. The van der Waals surface area contributed by atoms with Crippen LogP contribution in [-0.4, -0.2) is 49.3 Å². The Hall–Kier alpha value is -2.49. The molecule has 2 unspecified atom stereocenters. The molecule has 0 saturated heterocycles. The first-order chi connectivity index (χ1) is 9.72. The van der Waals surface area contributed by atoms with Gasteiger partial charge in [-0.3, -0.25) is 19.2 Å². The van der Waals surface area contributed by atoms with Gasteiger partial charge in [0.2, 0.25) is 0 Å². The normalized spacial score (nSPS) is 13.3. The van der Waals surface area contributed by atoms with E-state index in [-0.39, 0.29) is 9.88 Å². The Morgan fingerprint density at radius 2 is 1.43 bits per heavy atom. The summed E-state index contributed by atoms with van der Waals surface area (Å²) >= 11 is 0.690. The molecular weight excluding hydrogens is 306 g/mol. The molecule has 0 radical (unpaired) electrons. The molecule has 0 aliphatic heterocycles. The van der Waals surface area contributed by atoms with Gasteiger partial charge in [-0.05, 0) is 0 Å². The van der Waals surface area contributed by atoms with Crippen molar-refractivity contribution in [2.24, 2.45) is 0 Å². The number of hydrogen-bond donors (Lipinski definition) is 4. The summed E-state index contributed by atoms with van der Waals surface area (Å²) in [6.45, 7) is 0. The third-order valence-electron chi connectivity index (χ3n) is 2.54. The Labute approximate surface area is 121 Å². The van der Waals surface area contributed by atoms with Gasteiger partial charge in [0.05, 0.1) is 12.8 Å². The van der Waals surface area contributed by atoms with Crippen LogP contribution >= 0.6 is 11.3 Å². The second-order valence-corrected chi connectivity index (χ2v) is 5.17. The molecular formula is C11H11NO8S. The van der Waals surface area contributed by atoms with Crippen molar-refractivity contribution in [1.29, 1.82) is 0 Å². The van der Waals surface area contributed by atoms with Crippen LogP contribution < -0.4 is 0 Å². The molecule has 4 N–H and O–H groups in total. The fraction of sp³-hybridized carbons (Fsp3) is 0.364. The second-order valence-electron chi connectivity index (χ2n) is 4.08. The molecule has 1 heterocycles. The summed E-state index contributed by atoms with van der Waals surface area (Å²) in [7, 11) is 0. The van der Waals surface area contributed by atoms with E-state index < -0.39 is 48.6 Å². The van der Waals surface area contributed by atoms with Gasteiger partial charge in [-0.2, -0.15) is 0 Å². The van der Waals surface area contributed by atoms with Crippen LogP contribution in [0.1, 0.15) is 34.6 Å². The van der Waals surface area contributed by atoms with Crippen molar-refractivity contribution in [3.05, 3.63) is 16.1 Å². The van der Waals surface area contributed by atoms with Crippen LogP contribution in [0.4, 0.5) is 0 Å². The number of nitrogens with zero attached hydrogens (tertiary/aromatic N) is 1. The molecule has 0 fully saturated rings. The Morgan fingerprint density at radius 3 is 1.86 bits per heavy atom. The van der Waals surface area contributed by atoms with Crippen LogP contribution in [0.5, 0.6) is 0 Å². The smallest absolute Gasteiger partial charge is 0.314 e. The summed E-state index contributed by atoms with van der Waals surface area (Å²) in [6.07, 6.45) is -0.299. The van der Waals surface area contributed by atoms with Crippen LogP contribution in [-0.2, 0) is 19.2 Å². The molecule has 10 heteroatoms. The van der Waals surface area contributed by atoms with E-state index in [0.717, 1.165) is 6.20 Å². The lowest BCUT2D eigenvalue weighted by molar-refractivity contribution is -0.145. The Balaban J connectivity index is 3.06. The molecule has 21 heavy (non-hydrogen) atoms. The van der Waals surface area contributed by atoms with Gasteiger partial charge >= 0.3 is 23.9 Å². The van der Waals surface area contributed by atoms with E-state index in [2.05, 4.69) is 4.98 Å². The number of carbonyl (C=O) groups is 4. The largest absolute Gasteiger partial charge is 0.481 e. The Bertz CT molecular complexity index is 532. The minimum Gasteiger partial charge on any atom is -0.481 e. The maximum atomic E-state index is 11.0. The van der Waals surface area contributed by atoms with Gasteiger partial charge in [0.25, 0.3) is 0 Å². The average Bonchev–Trinajstić information content (AvgIpc) is 2.80. The van der Waals surface area contributed by atoms with Gasteiger partial charge < -0.3 is 20.4 Å². The van der Waals surface area contributed by atoms with Crippen molar-refractivity contribution in [1.82, 2.24) is 4.98 Å². The predicted octanol–water partition coefficient (Wildman–Crippen LogP) is 0.429. The van der Waals surface area contributed by atoms with E-state index in [1.165, 1.54) is 0 Å². The minimum atomic E-state index is -1.40. The van der Waals surface area contributed by atoms with Crippen molar-refractivity contribution >= 4 is 35.2 Å². The van der Waals surface area contributed by atoms with Crippen LogP contribution in [0, 0.1) is 0 Å². The van der Waals surface area contributed by atoms with E-state index in [4.69, 9.17) is 20.4 Å². The zero-order chi connectivity index (χ0) is 16.2. The van der Waals surface area contributed by atoms with Crippen LogP contribution in [0.25, 0.3) is 0 Å². The molecule has 0 amide bonds. The first-order valence-corrected chi connectivity index (χ1v) is 6.38. The molecule has 0 aliphatic carbocycles. The summed E-state index contributed by atoms with van der Waals surface area (Å²) in [5.74, 6) is -8.19. The number of carboxylic acid groups (broad SMARTS) is 4. The van der Waals surface area contributed by atoms with Gasteiger partial charge in [0.1, 0.15) is 16.8 Å². The monoisotopic (exact) mass is 317 g/mol. The number of aliphatic carboxylic acids is 4. The fourth-order valence-corrected chi connectivity index (χ4v) is 2.67. The maximum absolute atomic E-state index is 11.0. The SMILES string of the molecule is O=C(O)CC(C(=O)O)c1cnc(C(CC(=O)O)C(=O)O)s1. The molecule has 0 saturated carbocycles. The first kappa shape index (κ1) is 16.6. The van der Waals surface area contributed by atoms with E-state index in [1.807, 2.05) is 0 Å². The van der Waals surface area contributed by atoms with Crippen molar-refractivity contribution < 1.29 is 39.6 Å². The highest BCUT2D eigenvalue weighted by atomic mass is 32.1. The van der Waals surface area contributed by atoms with Crippen molar-refractivity contribution in [2.45, 2.75) is 24.7 Å². The Kier molecular flexibility index (Phi) is 5.36. The average molecular weight is 317 g/mol. The molecule has 1 aromatic heterocycles. The zero-order valence-corrected chi connectivity index (χ0v) is 11.2. The van der Waals surface area contributed by atoms with Gasteiger partial charge in [-0.15, -0.1) is 11.3 Å². The van der Waals surface area contributed by atoms with E-state index in [1.54, 1.807) is 0 Å². The van der Waals surface area contributed by atoms with Crippen molar-refractivity contribution in [3.63, 3.8) is 0 Å². The second kappa shape index (κ2) is 6.79. The van der Waals surface area contributed by atoms with E-state index in [9.17, 15) is 19.2 Å². The highest BCUT2D eigenvalue weighted by molar-refractivity contribution is 7.12. The lowest BCUT2D eigenvalue weighted by Gasteiger charge is -2.07. The van der Waals surface area contributed by atoms with Gasteiger partial charge in [-0.1, -0.05) is 0 Å². The molecule has 1 aromatic rings. The number of hydrogen-bond acceptors (Lipinski definition) is 6. The summed E-state index contributed by atoms with van der Waals surface area (Å²) < 4.78 is 0. The third-order valence-corrected chi connectivity index (χ3v) is 3.76. The van der Waals surface area contributed by atoms with E-state index >= 15 is 0 Å². The molecule has 2 atom stereocenters. The Morgan fingerprint density at radius 1 is 0.952 bits per heavy atom. The lowest BCUT2D eigenvalue weighted by atomic mass is 10.1. The fourth-order valence-electron chi connectivity index (χ4n) is 1.56. The van der Waals surface area contributed by atoms with E-state index in [0.29, 0.717) is 11.3 Å². The maximum Gasteiger partial charge on any atom is 0.314 e. The number of rotatable bonds is 8. The third kappa shape index (κ3) is 4.53. The first-order valence-electron chi connectivity index (χ1n) is 5.57. The zero-order valence-electron chi connectivity index (χ0n) is 10.4. The summed E-state index contributed by atoms with van der Waals surface area (Å²) in [4.78, 5) is 47.1. The quantitative estimate of drug-likeness (QED) is 0.532. The van der Waals surface area contributed by atoms with Crippen LogP contribution in [0.3, 0.4) is 0 Å². The van der Waals surface area contributed by atoms with Gasteiger partial charge in [-0.25, -0.2) is 4.98 Å². The predicted molar refractivity (Wildman–Crippen MR) is 67.4 cm³/mol. The molecule has 1 rings (SSSR count). The number of thiazole rings is 1. The van der Waals surface area contributed by atoms with Crippen molar-refractivity contribution in [2.75, 3.05) is 0 Å². The highest BCUT2D eigenvalue weighted by Gasteiger charge is 2.30. The molecule has 0 spiro atoms. The van der Waals surface area contributed by atoms with Crippen molar-refractivity contribution in [3.8, 4) is 0 Å². The van der Waals surface area contributed by atoms with Crippen LogP contribution in [0.2, 0.25) is 0 Å². The highest BCUT2D eigenvalue weighted by Crippen LogP contribution is 2.31. The molecule has 114 valence electrons. The number of aromatic nitrogens is 1. The van der Waals surface area contributed by atoms with Gasteiger partial charge in [0.15, 0.2) is 0 Å². The topological polar surface area (TPSA) is 162 Å².